The highest BCUT2D eigenvalue weighted by molar-refractivity contribution is 5.78. The third-order valence-electron chi connectivity index (χ3n) is 3.47. The van der Waals surface area contributed by atoms with Gasteiger partial charge in [-0.3, -0.25) is 4.79 Å². The van der Waals surface area contributed by atoms with Crippen molar-refractivity contribution in [2.24, 2.45) is 5.41 Å². The molecule has 0 saturated heterocycles. The molecule has 0 spiro atoms. The predicted molar refractivity (Wildman–Crippen MR) is 63.3 cm³/mol. The fraction of sp³-hybridized carbons (Fsp3) is 0.357. The first-order chi connectivity index (χ1) is 7.64. The molecule has 2 nitrogen and oxygen atoms in total. The van der Waals surface area contributed by atoms with Crippen LogP contribution in [0.1, 0.15) is 31.2 Å². The van der Waals surface area contributed by atoms with Crippen LogP contribution in [0.5, 0.6) is 0 Å². The van der Waals surface area contributed by atoms with Crippen LogP contribution in [0.4, 0.5) is 0 Å². The smallest absolute Gasteiger partial charge is 0.313 e. The van der Waals surface area contributed by atoms with Gasteiger partial charge < -0.3 is 5.11 Å². The summed E-state index contributed by atoms with van der Waals surface area (Å²) >= 11 is 0. The molecular weight excluding hydrogens is 200 g/mol. The number of rotatable bonds is 2. The summed E-state index contributed by atoms with van der Waals surface area (Å²) in [6.45, 7) is 1.81. The lowest BCUT2D eigenvalue weighted by Crippen LogP contribution is -2.34. The summed E-state index contributed by atoms with van der Waals surface area (Å²) in [6, 6.07) is 9.93. The Morgan fingerprint density at radius 1 is 1.38 bits per heavy atom. The molecule has 1 aliphatic rings. The van der Waals surface area contributed by atoms with Crippen molar-refractivity contribution in [1.82, 2.24) is 0 Å². The number of carbonyl (C=O) groups is 1. The lowest BCUT2D eigenvalue weighted by atomic mass is 9.68. The molecule has 84 valence electrons. The van der Waals surface area contributed by atoms with E-state index in [1.807, 2.05) is 49.4 Å². The maximum absolute atomic E-state index is 11.4. The first-order valence-corrected chi connectivity index (χ1v) is 5.60. The summed E-state index contributed by atoms with van der Waals surface area (Å²) in [5, 5.41) is 9.38. The van der Waals surface area contributed by atoms with Gasteiger partial charge in [-0.05, 0) is 25.3 Å². The average Bonchev–Trinajstić information content (AvgIpc) is 2.30. The van der Waals surface area contributed by atoms with Crippen molar-refractivity contribution in [2.45, 2.75) is 25.7 Å². The Hall–Kier alpha value is -1.57. The van der Waals surface area contributed by atoms with E-state index in [4.69, 9.17) is 0 Å². The molecule has 0 amide bonds. The van der Waals surface area contributed by atoms with Crippen LogP contribution in [-0.2, 0) is 4.79 Å². The Balaban J connectivity index is 2.40. The van der Waals surface area contributed by atoms with Crippen LogP contribution in [0.3, 0.4) is 0 Å². The van der Waals surface area contributed by atoms with E-state index in [2.05, 4.69) is 0 Å². The second kappa shape index (κ2) is 4.12. The number of carboxylic acids is 1. The molecule has 1 aromatic carbocycles. The molecule has 0 fully saturated rings. The Morgan fingerprint density at radius 3 is 2.69 bits per heavy atom. The van der Waals surface area contributed by atoms with E-state index in [-0.39, 0.29) is 5.92 Å². The van der Waals surface area contributed by atoms with Gasteiger partial charge in [0.25, 0.3) is 0 Å². The predicted octanol–water partition coefficient (Wildman–Crippen LogP) is 3.21. The van der Waals surface area contributed by atoms with Crippen LogP contribution in [-0.4, -0.2) is 11.1 Å². The first kappa shape index (κ1) is 10.9. The van der Waals surface area contributed by atoms with E-state index in [0.29, 0.717) is 0 Å². The van der Waals surface area contributed by atoms with E-state index in [9.17, 15) is 9.90 Å². The Bertz CT molecular complexity index is 408. The van der Waals surface area contributed by atoms with Gasteiger partial charge in [-0.1, -0.05) is 42.5 Å². The van der Waals surface area contributed by atoms with Gasteiger partial charge in [0.05, 0.1) is 5.41 Å². The Labute approximate surface area is 95.6 Å². The molecule has 2 heteroatoms. The monoisotopic (exact) mass is 216 g/mol. The van der Waals surface area contributed by atoms with Gasteiger partial charge in [-0.15, -0.1) is 0 Å². The van der Waals surface area contributed by atoms with E-state index < -0.39 is 11.4 Å². The zero-order valence-corrected chi connectivity index (χ0v) is 9.39. The van der Waals surface area contributed by atoms with Crippen molar-refractivity contribution >= 4 is 5.97 Å². The fourth-order valence-corrected chi connectivity index (χ4v) is 2.43. The Kier molecular flexibility index (Phi) is 2.82. The van der Waals surface area contributed by atoms with E-state index >= 15 is 0 Å². The van der Waals surface area contributed by atoms with Crippen molar-refractivity contribution < 1.29 is 9.90 Å². The van der Waals surface area contributed by atoms with Crippen LogP contribution in [0.25, 0.3) is 0 Å². The third kappa shape index (κ3) is 1.75. The van der Waals surface area contributed by atoms with Crippen molar-refractivity contribution in [2.75, 3.05) is 0 Å². The van der Waals surface area contributed by atoms with Crippen molar-refractivity contribution in [3.63, 3.8) is 0 Å². The van der Waals surface area contributed by atoms with E-state index in [0.717, 1.165) is 18.4 Å². The highest BCUT2D eigenvalue weighted by atomic mass is 16.4. The van der Waals surface area contributed by atoms with Crippen LogP contribution in [0, 0.1) is 5.41 Å². The standard InChI is InChI=1S/C14H16O2/c1-14(13(15)16)10-6-5-9-12(14)11-7-3-2-4-8-11/h2-4,6-8,10,12H,5,9H2,1H3,(H,15,16). The van der Waals surface area contributed by atoms with Crippen LogP contribution >= 0.6 is 0 Å². The topological polar surface area (TPSA) is 37.3 Å². The van der Waals surface area contributed by atoms with Gasteiger partial charge in [-0.25, -0.2) is 0 Å². The third-order valence-corrected chi connectivity index (χ3v) is 3.47. The molecule has 1 aliphatic carbocycles. The molecule has 16 heavy (non-hydrogen) atoms. The second-order valence-corrected chi connectivity index (χ2v) is 4.53. The quantitative estimate of drug-likeness (QED) is 0.771. The van der Waals surface area contributed by atoms with E-state index in [1.54, 1.807) is 0 Å². The SMILES string of the molecule is CC1(C(=O)O)C=CCCC1c1ccccc1. The van der Waals surface area contributed by atoms with Gasteiger partial charge >= 0.3 is 5.97 Å². The summed E-state index contributed by atoms with van der Waals surface area (Å²) in [5.41, 5.74) is 0.358. The summed E-state index contributed by atoms with van der Waals surface area (Å²) in [6.07, 6.45) is 5.69. The zero-order chi connectivity index (χ0) is 11.6. The maximum atomic E-state index is 11.4. The molecule has 1 aromatic rings. The Morgan fingerprint density at radius 2 is 2.06 bits per heavy atom. The lowest BCUT2D eigenvalue weighted by Gasteiger charge is -2.34. The molecular formula is C14H16O2. The number of hydrogen-bond donors (Lipinski definition) is 1. The highest BCUT2D eigenvalue weighted by Crippen LogP contribution is 2.43. The lowest BCUT2D eigenvalue weighted by molar-refractivity contribution is -0.146. The number of carboxylic acid groups (broad SMARTS) is 1. The van der Waals surface area contributed by atoms with Gasteiger partial charge in [-0.2, -0.15) is 0 Å². The minimum absolute atomic E-state index is 0.0798. The van der Waals surface area contributed by atoms with Crippen molar-refractivity contribution in [3.05, 3.63) is 48.0 Å². The summed E-state index contributed by atoms with van der Waals surface area (Å²) in [4.78, 5) is 11.4. The summed E-state index contributed by atoms with van der Waals surface area (Å²) in [7, 11) is 0. The maximum Gasteiger partial charge on any atom is 0.313 e. The number of benzene rings is 1. The molecule has 0 radical (unpaired) electrons. The molecule has 0 bridgehead atoms. The number of aliphatic carboxylic acids is 1. The van der Waals surface area contributed by atoms with Gasteiger partial charge in [0.2, 0.25) is 0 Å². The van der Waals surface area contributed by atoms with Crippen LogP contribution < -0.4 is 0 Å². The molecule has 2 rings (SSSR count). The van der Waals surface area contributed by atoms with E-state index in [1.165, 1.54) is 0 Å². The zero-order valence-electron chi connectivity index (χ0n) is 9.39. The van der Waals surface area contributed by atoms with Gasteiger partial charge in [0.1, 0.15) is 0 Å². The van der Waals surface area contributed by atoms with Crippen molar-refractivity contribution in [1.29, 1.82) is 0 Å². The van der Waals surface area contributed by atoms with Crippen LogP contribution in [0.15, 0.2) is 42.5 Å². The minimum atomic E-state index is -0.764. The van der Waals surface area contributed by atoms with Gasteiger partial charge in [0, 0.05) is 5.92 Å². The largest absolute Gasteiger partial charge is 0.481 e. The molecule has 0 aromatic heterocycles. The molecule has 1 N–H and O–H groups in total. The minimum Gasteiger partial charge on any atom is -0.481 e. The molecule has 0 aliphatic heterocycles. The number of hydrogen-bond acceptors (Lipinski definition) is 1. The first-order valence-electron chi connectivity index (χ1n) is 5.60. The molecule has 0 heterocycles. The molecule has 2 unspecified atom stereocenters. The summed E-state index contributed by atoms with van der Waals surface area (Å²) < 4.78 is 0. The van der Waals surface area contributed by atoms with Gasteiger partial charge in [0.15, 0.2) is 0 Å². The summed E-state index contributed by atoms with van der Waals surface area (Å²) in [5.74, 6) is -0.659. The van der Waals surface area contributed by atoms with Crippen LogP contribution in [0.2, 0.25) is 0 Å². The molecule has 2 atom stereocenters. The fourth-order valence-electron chi connectivity index (χ4n) is 2.43. The average molecular weight is 216 g/mol. The second-order valence-electron chi connectivity index (χ2n) is 4.53. The molecule has 0 saturated carbocycles. The number of allylic oxidation sites excluding steroid dienone is 1. The van der Waals surface area contributed by atoms with Crippen molar-refractivity contribution in [3.8, 4) is 0 Å². The normalized spacial score (nSPS) is 28.9. The highest BCUT2D eigenvalue weighted by Gasteiger charge is 2.41.